The molecule has 11 heteroatoms. The molecule has 2 N–H and O–H groups in total. The highest BCUT2D eigenvalue weighted by Crippen LogP contribution is 2.35. The van der Waals surface area contributed by atoms with Crippen LogP contribution in [0.15, 0.2) is 29.3 Å². The summed E-state index contributed by atoms with van der Waals surface area (Å²) in [6.07, 6.45) is 4.87. The molecule has 0 spiro atoms. The van der Waals surface area contributed by atoms with Crippen molar-refractivity contribution < 1.29 is 13.9 Å². The van der Waals surface area contributed by atoms with Crippen LogP contribution in [0, 0.1) is 5.82 Å². The SMILES string of the molecule is O=C1COc2ncc(CNC3CCN(C[C@@H]4Cn5c(=O)cnc6ccc(F)c4c65)CC3)nc2N1. The summed E-state index contributed by atoms with van der Waals surface area (Å²) in [6, 6.07) is 3.42. The van der Waals surface area contributed by atoms with Crippen molar-refractivity contribution in [3.05, 3.63) is 52.0 Å². The van der Waals surface area contributed by atoms with Gasteiger partial charge >= 0.3 is 0 Å². The Balaban J connectivity index is 1.06. The van der Waals surface area contributed by atoms with E-state index in [0.717, 1.165) is 31.6 Å². The van der Waals surface area contributed by atoms with Gasteiger partial charge in [0.15, 0.2) is 12.4 Å². The summed E-state index contributed by atoms with van der Waals surface area (Å²) >= 11 is 0. The lowest BCUT2D eigenvalue weighted by Gasteiger charge is -2.34. The van der Waals surface area contributed by atoms with Crippen molar-refractivity contribution in [1.82, 2.24) is 29.7 Å². The zero-order valence-corrected chi connectivity index (χ0v) is 18.5. The van der Waals surface area contributed by atoms with Gasteiger partial charge in [0, 0.05) is 37.2 Å². The monoisotopic (exact) mass is 465 g/mol. The summed E-state index contributed by atoms with van der Waals surface area (Å²) in [5, 5.41) is 6.20. The summed E-state index contributed by atoms with van der Waals surface area (Å²) in [6.45, 7) is 3.47. The molecule has 1 aromatic carbocycles. The van der Waals surface area contributed by atoms with E-state index in [0.29, 0.717) is 54.0 Å². The van der Waals surface area contributed by atoms with E-state index in [1.165, 1.54) is 12.3 Å². The molecule has 5 heterocycles. The number of benzene rings is 1. The van der Waals surface area contributed by atoms with Gasteiger partial charge in [-0.05, 0) is 38.1 Å². The van der Waals surface area contributed by atoms with E-state index in [1.807, 2.05) is 0 Å². The van der Waals surface area contributed by atoms with E-state index in [-0.39, 0.29) is 29.8 Å². The second-order valence-corrected chi connectivity index (χ2v) is 9.04. The predicted octanol–water partition coefficient (Wildman–Crippen LogP) is 1.01. The molecule has 1 atom stereocenters. The first-order chi connectivity index (χ1) is 16.5. The van der Waals surface area contributed by atoms with Crippen molar-refractivity contribution in [1.29, 1.82) is 0 Å². The van der Waals surface area contributed by atoms with Gasteiger partial charge in [0.1, 0.15) is 5.82 Å². The van der Waals surface area contributed by atoms with Gasteiger partial charge in [0.25, 0.3) is 17.3 Å². The second kappa shape index (κ2) is 8.41. The molecule has 0 unspecified atom stereocenters. The average molecular weight is 465 g/mol. The minimum atomic E-state index is -0.263. The number of fused-ring (bicyclic) bond motifs is 1. The predicted molar refractivity (Wildman–Crippen MR) is 121 cm³/mol. The van der Waals surface area contributed by atoms with Crippen LogP contribution in [0.1, 0.15) is 30.0 Å². The highest BCUT2D eigenvalue weighted by atomic mass is 19.1. The first kappa shape index (κ1) is 21.1. The number of hydrogen-bond acceptors (Lipinski definition) is 8. The first-order valence-corrected chi connectivity index (χ1v) is 11.5. The highest BCUT2D eigenvalue weighted by Gasteiger charge is 2.31. The van der Waals surface area contributed by atoms with E-state index in [4.69, 9.17) is 4.74 Å². The van der Waals surface area contributed by atoms with E-state index in [2.05, 4.69) is 30.5 Å². The molecule has 176 valence electrons. The minimum Gasteiger partial charge on any atom is -0.465 e. The van der Waals surface area contributed by atoms with Crippen LogP contribution in [0.2, 0.25) is 0 Å². The molecular formula is C23H24FN7O3. The van der Waals surface area contributed by atoms with Crippen LogP contribution in [0.25, 0.3) is 11.0 Å². The Kier molecular flexibility index (Phi) is 5.22. The summed E-state index contributed by atoms with van der Waals surface area (Å²) in [7, 11) is 0. The van der Waals surface area contributed by atoms with Crippen LogP contribution in [0.4, 0.5) is 10.2 Å². The number of piperidine rings is 1. The first-order valence-electron chi connectivity index (χ1n) is 11.5. The lowest BCUT2D eigenvalue weighted by molar-refractivity contribution is -0.118. The van der Waals surface area contributed by atoms with Crippen LogP contribution in [0.3, 0.4) is 0 Å². The molecule has 2 aromatic heterocycles. The zero-order chi connectivity index (χ0) is 23.2. The number of carbonyl (C=O) groups excluding carboxylic acids is 1. The largest absolute Gasteiger partial charge is 0.465 e. The number of amides is 1. The van der Waals surface area contributed by atoms with Crippen molar-refractivity contribution in [2.75, 3.05) is 31.6 Å². The number of aromatic nitrogens is 4. The maximum Gasteiger partial charge on any atom is 0.269 e. The molecule has 3 aliphatic heterocycles. The van der Waals surface area contributed by atoms with Gasteiger partial charge in [-0.3, -0.25) is 9.59 Å². The molecule has 3 aliphatic rings. The van der Waals surface area contributed by atoms with Crippen LogP contribution in [0.5, 0.6) is 5.88 Å². The van der Waals surface area contributed by atoms with E-state index in [1.54, 1.807) is 16.8 Å². The molecule has 34 heavy (non-hydrogen) atoms. The van der Waals surface area contributed by atoms with Crippen LogP contribution in [-0.4, -0.2) is 62.6 Å². The second-order valence-electron chi connectivity index (χ2n) is 9.04. The third kappa shape index (κ3) is 3.80. The molecular weight excluding hydrogens is 441 g/mol. The number of hydrogen-bond donors (Lipinski definition) is 2. The number of rotatable bonds is 5. The van der Waals surface area contributed by atoms with Crippen LogP contribution in [-0.2, 0) is 17.9 Å². The number of likely N-dealkylation sites (tertiary alicyclic amines) is 1. The summed E-state index contributed by atoms with van der Waals surface area (Å²) in [5.41, 5.74) is 2.48. The lowest BCUT2D eigenvalue weighted by Crippen LogP contribution is -2.43. The highest BCUT2D eigenvalue weighted by molar-refractivity contribution is 5.93. The van der Waals surface area contributed by atoms with Gasteiger partial charge in [-0.25, -0.2) is 19.3 Å². The Bertz CT molecular complexity index is 1340. The molecule has 3 aromatic rings. The fraction of sp³-hybridized carbons (Fsp3) is 0.435. The number of nitrogens with one attached hydrogen (secondary N) is 2. The molecule has 0 aliphatic carbocycles. The standard InChI is InChI=1S/C23H24FN7O3/c24-16-1-2-17-21-20(16)13(11-31(21)19(33)9-26-17)10-30-5-3-14(4-6-30)25-7-15-8-27-23-22(28-15)29-18(32)12-34-23/h1-2,8-9,13-14,25H,3-7,10-12H2,(H,28,29,32)/t13-/m1/s1. The van der Waals surface area contributed by atoms with Crippen molar-refractivity contribution in [2.45, 2.75) is 37.9 Å². The maximum absolute atomic E-state index is 14.7. The third-order valence-electron chi connectivity index (χ3n) is 6.83. The fourth-order valence-corrected chi connectivity index (χ4v) is 5.16. The Hall–Kier alpha value is -3.44. The number of nitrogens with zero attached hydrogens (tertiary/aromatic N) is 5. The third-order valence-corrected chi connectivity index (χ3v) is 6.83. The summed E-state index contributed by atoms with van der Waals surface area (Å²) in [4.78, 5) is 39.0. The normalized spacial score (nSPS) is 20.3. The van der Waals surface area contributed by atoms with Gasteiger partial charge in [-0.1, -0.05) is 0 Å². The van der Waals surface area contributed by atoms with E-state index >= 15 is 0 Å². The Morgan fingerprint density at radius 3 is 2.88 bits per heavy atom. The number of anilines is 1. The lowest BCUT2D eigenvalue weighted by atomic mass is 9.97. The number of ether oxygens (including phenoxy) is 1. The van der Waals surface area contributed by atoms with Gasteiger partial charge in [0.05, 0.1) is 29.1 Å². The van der Waals surface area contributed by atoms with Gasteiger partial charge in [-0.15, -0.1) is 0 Å². The topological polar surface area (TPSA) is 114 Å². The van der Waals surface area contributed by atoms with Crippen LogP contribution < -0.4 is 20.9 Å². The zero-order valence-electron chi connectivity index (χ0n) is 18.5. The molecule has 1 fully saturated rings. The van der Waals surface area contributed by atoms with Gasteiger partial charge in [-0.2, -0.15) is 0 Å². The minimum absolute atomic E-state index is 0.0415. The van der Waals surface area contributed by atoms with E-state index < -0.39 is 0 Å². The average Bonchev–Trinajstić information content (AvgIpc) is 3.23. The quantitative estimate of drug-likeness (QED) is 0.574. The molecule has 6 rings (SSSR count). The molecule has 10 nitrogen and oxygen atoms in total. The number of carbonyl (C=O) groups is 1. The smallest absolute Gasteiger partial charge is 0.269 e. The van der Waals surface area contributed by atoms with Gasteiger partial charge in [0.2, 0.25) is 0 Å². The Morgan fingerprint density at radius 2 is 2.03 bits per heavy atom. The summed E-state index contributed by atoms with van der Waals surface area (Å²) in [5.74, 6) is 0.144. The Morgan fingerprint density at radius 1 is 1.18 bits per heavy atom. The fourth-order valence-electron chi connectivity index (χ4n) is 5.16. The van der Waals surface area contributed by atoms with Crippen molar-refractivity contribution >= 4 is 22.8 Å². The maximum atomic E-state index is 14.7. The van der Waals surface area contributed by atoms with Crippen molar-refractivity contribution in [2.24, 2.45) is 0 Å². The molecule has 0 bridgehead atoms. The molecule has 0 saturated carbocycles. The number of halogens is 1. The van der Waals surface area contributed by atoms with Crippen molar-refractivity contribution in [3.8, 4) is 5.88 Å². The van der Waals surface area contributed by atoms with Gasteiger partial charge < -0.3 is 24.8 Å². The molecule has 1 amide bonds. The molecule has 1 saturated heterocycles. The van der Waals surface area contributed by atoms with E-state index in [9.17, 15) is 14.0 Å². The van der Waals surface area contributed by atoms with Crippen molar-refractivity contribution in [3.63, 3.8) is 0 Å². The summed E-state index contributed by atoms with van der Waals surface area (Å²) < 4.78 is 21.6. The van der Waals surface area contributed by atoms with Crippen LogP contribution >= 0.6 is 0 Å². The molecule has 0 radical (unpaired) electrons. The Labute approximate surface area is 194 Å².